The molecule has 2 aromatic rings. The molecule has 8 atom stereocenters. The highest BCUT2D eigenvalue weighted by atomic mass is 16.7. The van der Waals surface area contributed by atoms with Crippen molar-refractivity contribution in [1.82, 2.24) is 24.8 Å². The lowest BCUT2D eigenvalue weighted by Crippen LogP contribution is -2.50. The number of unbranched alkanes of at least 4 members (excludes halogenated alkanes) is 1. The highest BCUT2D eigenvalue weighted by molar-refractivity contribution is 5.75. The van der Waals surface area contributed by atoms with E-state index < -0.39 is 67.9 Å². The number of nitrogens with zero attached hydrogens (tertiary/aromatic N) is 3. The van der Waals surface area contributed by atoms with E-state index in [1.54, 1.807) is 0 Å². The van der Waals surface area contributed by atoms with Gasteiger partial charge in [0, 0.05) is 26.0 Å². The summed E-state index contributed by atoms with van der Waals surface area (Å²) in [6.45, 7) is 0.112. The predicted octanol–water partition coefficient (Wildman–Crippen LogP) is -3.54. The molecule has 4 rings (SSSR count). The van der Waals surface area contributed by atoms with Crippen LogP contribution in [-0.2, 0) is 33.2 Å². The minimum absolute atomic E-state index is 0.0243. The summed E-state index contributed by atoms with van der Waals surface area (Å²) in [6, 6.07) is 0. The van der Waals surface area contributed by atoms with Crippen LogP contribution in [0.3, 0.4) is 0 Å². The van der Waals surface area contributed by atoms with E-state index in [9.17, 15) is 35.1 Å². The number of hydrogen-bond acceptors (Lipinski definition) is 16. The first-order valence-electron chi connectivity index (χ1n) is 14.7. The quantitative estimate of drug-likeness (QED) is 0.0575. The molecular formula is C26H42N6O13. The summed E-state index contributed by atoms with van der Waals surface area (Å²) in [5.74, 6) is -0.264. The first-order valence-corrected chi connectivity index (χ1v) is 14.7. The van der Waals surface area contributed by atoms with Crippen LogP contribution in [0.15, 0.2) is 11.1 Å². The number of rotatable bonds is 18. The van der Waals surface area contributed by atoms with Crippen LogP contribution in [0.1, 0.15) is 31.9 Å². The molecule has 0 bridgehead atoms. The van der Waals surface area contributed by atoms with E-state index in [2.05, 4.69) is 20.3 Å². The third-order valence-electron chi connectivity index (χ3n) is 7.32. The van der Waals surface area contributed by atoms with E-state index in [1.165, 1.54) is 10.9 Å². The zero-order valence-electron chi connectivity index (χ0n) is 24.6. The number of aromatic nitrogens is 4. The number of carbonyl (C=O) groups is 1. The number of ether oxygens (including phenoxy) is 6. The smallest absolute Gasteiger partial charge is 0.280 e. The molecule has 19 heteroatoms. The van der Waals surface area contributed by atoms with Crippen molar-refractivity contribution in [2.75, 3.05) is 58.7 Å². The standard InChI is InChI=1S/C26H42N6O13/c27-26-30-23-19(24(39)31-26)29-12-32(23)25-22(21(38)16(11-34)45-25)43-13-41-8-7-40-6-4-28-17(36)3-1-2-5-42-18-9-14(35)20(37)15(10-33)44-18/h12,14-16,18,20-22,25,33-35,37-38H,1-11,13H2,(H,28,36)(H3,27,30,31,39)/t14-,15-,16+,18-,20-,21+,22+,25+/m0/s1. The molecule has 0 unspecified atom stereocenters. The molecule has 0 aromatic carbocycles. The number of H-pyrrole nitrogens is 1. The molecule has 0 radical (unpaired) electrons. The van der Waals surface area contributed by atoms with E-state index in [0.717, 1.165) is 0 Å². The molecule has 4 heterocycles. The fourth-order valence-corrected chi connectivity index (χ4v) is 4.94. The van der Waals surface area contributed by atoms with Crippen LogP contribution < -0.4 is 16.6 Å². The van der Waals surface area contributed by atoms with E-state index in [1.807, 2.05) is 0 Å². The van der Waals surface area contributed by atoms with Crippen LogP contribution in [0.4, 0.5) is 5.95 Å². The van der Waals surface area contributed by atoms with Gasteiger partial charge in [-0.3, -0.25) is 19.1 Å². The highest BCUT2D eigenvalue weighted by Gasteiger charge is 2.46. The van der Waals surface area contributed by atoms with Gasteiger partial charge < -0.3 is 65.0 Å². The number of carbonyl (C=O) groups excluding carboxylic acids is 1. The summed E-state index contributed by atoms with van der Waals surface area (Å²) in [4.78, 5) is 34.6. The Morgan fingerprint density at radius 3 is 2.58 bits per heavy atom. The SMILES string of the molecule is Nc1nc2c(ncn2[C@@H]2O[C@H](CO)[C@@H](O)[C@H]2OCOCCOCCNC(=O)CCCCO[C@@H]2C[C@H](O)[C@H](O)[C@H](CO)O2)c(=O)[nH]1. The van der Waals surface area contributed by atoms with Crippen molar-refractivity contribution in [3.8, 4) is 0 Å². The first-order chi connectivity index (χ1) is 21.7. The first kappa shape index (κ1) is 35.0. The second-order valence-electron chi connectivity index (χ2n) is 10.5. The topological polar surface area (TPSA) is 275 Å². The fourth-order valence-electron chi connectivity index (χ4n) is 4.94. The van der Waals surface area contributed by atoms with Gasteiger partial charge in [0.15, 0.2) is 23.7 Å². The van der Waals surface area contributed by atoms with Crippen LogP contribution in [0.25, 0.3) is 11.2 Å². The van der Waals surface area contributed by atoms with Crippen LogP contribution in [0.2, 0.25) is 0 Å². The lowest BCUT2D eigenvalue weighted by Gasteiger charge is -2.36. The van der Waals surface area contributed by atoms with Crippen LogP contribution in [0.5, 0.6) is 0 Å². The summed E-state index contributed by atoms with van der Waals surface area (Å²) in [6.07, 6.45) is -5.07. The molecule has 0 aliphatic carbocycles. The normalized spacial score (nSPS) is 28.6. The number of anilines is 1. The molecule has 9 N–H and O–H groups in total. The summed E-state index contributed by atoms with van der Waals surface area (Å²) >= 11 is 0. The Morgan fingerprint density at radius 1 is 1.04 bits per heavy atom. The lowest BCUT2D eigenvalue weighted by molar-refractivity contribution is -0.256. The predicted molar refractivity (Wildman–Crippen MR) is 151 cm³/mol. The van der Waals surface area contributed by atoms with Crippen molar-refractivity contribution in [3.63, 3.8) is 0 Å². The number of aliphatic hydroxyl groups is 5. The summed E-state index contributed by atoms with van der Waals surface area (Å²) in [7, 11) is 0. The number of aliphatic hydroxyl groups excluding tert-OH is 5. The molecular weight excluding hydrogens is 604 g/mol. The lowest BCUT2D eigenvalue weighted by atomic mass is 10.0. The van der Waals surface area contributed by atoms with E-state index in [0.29, 0.717) is 32.4 Å². The maximum Gasteiger partial charge on any atom is 0.280 e. The van der Waals surface area contributed by atoms with Gasteiger partial charge in [-0.25, -0.2) is 4.98 Å². The molecule has 2 saturated heterocycles. The van der Waals surface area contributed by atoms with Gasteiger partial charge in [-0.15, -0.1) is 0 Å². The minimum Gasteiger partial charge on any atom is -0.394 e. The van der Waals surface area contributed by atoms with Gasteiger partial charge in [-0.1, -0.05) is 0 Å². The van der Waals surface area contributed by atoms with Crippen molar-refractivity contribution in [2.24, 2.45) is 0 Å². The van der Waals surface area contributed by atoms with Crippen molar-refractivity contribution < 1.29 is 58.7 Å². The molecule has 2 aliphatic rings. The zero-order chi connectivity index (χ0) is 32.3. The number of amides is 1. The molecule has 254 valence electrons. The fraction of sp³-hybridized carbons (Fsp3) is 0.769. The molecule has 0 saturated carbocycles. The molecule has 45 heavy (non-hydrogen) atoms. The molecule has 19 nitrogen and oxygen atoms in total. The molecule has 2 fully saturated rings. The van der Waals surface area contributed by atoms with Crippen LogP contribution in [-0.4, -0.2) is 147 Å². The second kappa shape index (κ2) is 17.2. The van der Waals surface area contributed by atoms with Crippen molar-refractivity contribution in [2.45, 2.75) is 74.8 Å². The number of nitrogens with two attached hydrogens (primary N) is 1. The minimum atomic E-state index is -1.21. The number of imidazole rings is 1. The third-order valence-corrected chi connectivity index (χ3v) is 7.32. The number of nitrogen functional groups attached to an aromatic ring is 1. The van der Waals surface area contributed by atoms with Gasteiger partial charge in [0.25, 0.3) is 5.56 Å². The average Bonchev–Trinajstić information content (AvgIpc) is 3.57. The number of aromatic amines is 1. The maximum absolute atomic E-state index is 12.1. The number of nitrogens with one attached hydrogen (secondary N) is 2. The molecule has 2 aromatic heterocycles. The second-order valence-corrected chi connectivity index (χ2v) is 10.5. The van der Waals surface area contributed by atoms with Crippen LogP contribution in [0, 0.1) is 0 Å². The van der Waals surface area contributed by atoms with Gasteiger partial charge in [0.05, 0.1) is 45.5 Å². The Kier molecular flexibility index (Phi) is 13.4. The molecule has 2 aliphatic heterocycles. The van der Waals surface area contributed by atoms with Gasteiger partial charge in [-0.2, -0.15) is 4.98 Å². The Bertz CT molecular complexity index is 1260. The number of hydrogen-bond donors (Lipinski definition) is 8. The molecule has 1 amide bonds. The highest BCUT2D eigenvalue weighted by Crippen LogP contribution is 2.33. The van der Waals surface area contributed by atoms with Crippen molar-refractivity contribution >= 4 is 23.0 Å². The van der Waals surface area contributed by atoms with E-state index in [4.69, 9.17) is 34.2 Å². The third kappa shape index (κ3) is 9.36. The summed E-state index contributed by atoms with van der Waals surface area (Å²) < 4.78 is 34.6. The van der Waals surface area contributed by atoms with Gasteiger partial charge in [0.2, 0.25) is 11.9 Å². The average molecular weight is 647 g/mol. The Morgan fingerprint density at radius 2 is 1.80 bits per heavy atom. The van der Waals surface area contributed by atoms with Crippen LogP contribution >= 0.6 is 0 Å². The van der Waals surface area contributed by atoms with E-state index in [-0.39, 0.29) is 56.1 Å². The summed E-state index contributed by atoms with van der Waals surface area (Å²) in [5.41, 5.74) is 5.27. The van der Waals surface area contributed by atoms with Crippen molar-refractivity contribution in [3.05, 3.63) is 16.7 Å². The largest absolute Gasteiger partial charge is 0.394 e. The van der Waals surface area contributed by atoms with E-state index >= 15 is 0 Å². The van der Waals surface area contributed by atoms with Gasteiger partial charge in [0.1, 0.15) is 37.3 Å². The Labute approximate surface area is 257 Å². The number of fused-ring (bicyclic) bond motifs is 1. The van der Waals surface area contributed by atoms with Gasteiger partial charge in [-0.05, 0) is 12.8 Å². The Balaban J connectivity index is 1.05. The molecule has 0 spiro atoms. The summed E-state index contributed by atoms with van der Waals surface area (Å²) in [5, 5.41) is 51.7. The maximum atomic E-state index is 12.1. The zero-order valence-corrected chi connectivity index (χ0v) is 24.6. The van der Waals surface area contributed by atoms with Crippen molar-refractivity contribution in [1.29, 1.82) is 0 Å². The van der Waals surface area contributed by atoms with Gasteiger partial charge >= 0.3 is 0 Å². The Hall–Kier alpha value is -2.82. The monoisotopic (exact) mass is 646 g/mol.